The van der Waals surface area contributed by atoms with Crippen LogP contribution in [0.5, 0.6) is 0 Å². The smallest absolute Gasteiger partial charge is 0.227 e. The van der Waals surface area contributed by atoms with Crippen LogP contribution in [0, 0.1) is 0 Å². The van der Waals surface area contributed by atoms with Gasteiger partial charge in [-0.2, -0.15) is 4.98 Å². The highest BCUT2D eigenvalue weighted by Gasteiger charge is 2.48. The van der Waals surface area contributed by atoms with Crippen molar-refractivity contribution in [2.75, 3.05) is 41.8 Å². The molecule has 0 saturated carbocycles. The lowest BCUT2D eigenvalue weighted by molar-refractivity contribution is -0.113. The first-order valence-corrected chi connectivity index (χ1v) is 7.88. The molecular weight excluding hydrogens is 294 g/mol. The van der Waals surface area contributed by atoms with Gasteiger partial charge in [0.15, 0.2) is 0 Å². The van der Waals surface area contributed by atoms with Crippen molar-refractivity contribution >= 4 is 17.7 Å². The Balaban J connectivity index is 1.54. The number of nitrogens with two attached hydrogens (primary N) is 1. The summed E-state index contributed by atoms with van der Waals surface area (Å²) in [7, 11) is 0. The van der Waals surface area contributed by atoms with Crippen molar-refractivity contribution in [2.24, 2.45) is 0 Å². The summed E-state index contributed by atoms with van der Waals surface area (Å²) in [6, 6.07) is 2.47. The van der Waals surface area contributed by atoms with Crippen LogP contribution in [0.4, 0.5) is 17.7 Å². The molecule has 8 heteroatoms. The van der Waals surface area contributed by atoms with E-state index in [2.05, 4.69) is 19.8 Å². The van der Waals surface area contributed by atoms with E-state index in [4.69, 9.17) is 20.4 Å². The summed E-state index contributed by atoms with van der Waals surface area (Å²) in [5, 5.41) is 0. The molecule has 0 radical (unpaired) electrons. The van der Waals surface area contributed by atoms with Crippen LogP contribution in [-0.2, 0) is 4.74 Å². The quantitative estimate of drug-likeness (QED) is 0.866. The monoisotopic (exact) mass is 311 g/mol. The molecule has 2 aromatic rings. The fourth-order valence-electron chi connectivity index (χ4n) is 3.08. The number of morpholine rings is 1. The van der Waals surface area contributed by atoms with Crippen LogP contribution < -0.4 is 15.5 Å². The Hall–Kier alpha value is -2.48. The minimum absolute atomic E-state index is 0.267. The molecule has 2 aromatic heterocycles. The summed E-state index contributed by atoms with van der Waals surface area (Å²) in [6.45, 7) is 3.71. The Labute approximate surface area is 133 Å². The number of hydrogen-bond donors (Lipinski definition) is 1. The second-order valence-corrected chi connectivity index (χ2v) is 6.17. The van der Waals surface area contributed by atoms with Crippen molar-refractivity contribution in [3.8, 4) is 11.3 Å². The van der Waals surface area contributed by atoms with E-state index in [1.54, 1.807) is 12.4 Å². The predicted molar refractivity (Wildman–Crippen MR) is 85.2 cm³/mol. The fraction of sp³-hybridized carbons (Fsp3) is 0.467. The normalized spacial score (nSPS) is 25.2. The van der Waals surface area contributed by atoms with Gasteiger partial charge in [0.1, 0.15) is 5.82 Å². The van der Waals surface area contributed by atoms with Crippen LogP contribution >= 0.6 is 0 Å². The largest absolute Gasteiger partial charge is 0.372 e. The molecule has 8 nitrogen and oxygen atoms in total. The third-order valence-electron chi connectivity index (χ3n) is 4.79. The predicted octanol–water partition coefficient (Wildman–Crippen LogP) is 0.313. The molecule has 3 aliphatic rings. The summed E-state index contributed by atoms with van der Waals surface area (Å²) in [5.74, 6) is 2.01. The van der Waals surface area contributed by atoms with Crippen LogP contribution in [0.2, 0.25) is 0 Å². The van der Waals surface area contributed by atoms with Gasteiger partial charge in [-0.25, -0.2) is 15.0 Å². The lowest BCUT2D eigenvalue weighted by atomic mass is 9.95. The molecule has 0 aromatic carbocycles. The van der Waals surface area contributed by atoms with Crippen LogP contribution in [0.15, 0.2) is 18.5 Å². The lowest BCUT2D eigenvalue weighted by Gasteiger charge is -2.55. The molecule has 1 unspecified atom stereocenters. The fourth-order valence-corrected chi connectivity index (χ4v) is 3.08. The average Bonchev–Trinajstić information content (AvgIpc) is 2.49. The van der Waals surface area contributed by atoms with Gasteiger partial charge >= 0.3 is 0 Å². The van der Waals surface area contributed by atoms with Crippen molar-refractivity contribution < 1.29 is 4.74 Å². The topological polar surface area (TPSA) is 93.3 Å². The maximum Gasteiger partial charge on any atom is 0.227 e. The van der Waals surface area contributed by atoms with E-state index in [0.29, 0.717) is 12.1 Å². The second-order valence-electron chi connectivity index (χ2n) is 6.17. The summed E-state index contributed by atoms with van der Waals surface area (Å²) < 4.78 is 5.49. The molecule has 118 valence electrons. The van der Waals surface area contributed by atoms with E-state index in [1.165, 1.54) is 6.42 Å². The standard InChI is InChI=1S/C15H17N7O/c16-14-17-5-9(6-18-14)10-4-13(22-7-12-11(22)8-23-12)20-15(19-10)21-2-1-3-21/h4-6,11-12H,1-3,7-8H2,(H2,16,17,18)/t11-,12?/m1/s1. The molecule has 3 fully saturated rings. The van der Waals surface area contributed by atoms with Gasteiger partial charge in [-0.3, -0.25) is 0 Å². The number of ether oxygens (including phenoxy) is 1. The third-order valence-corrected chi connectivity index (χ3v) is 4.79. The van der Waals surface area contributed by atoms with Crippen LogP contribution in [0.3, 0.4) is 0 Å². The SMILES string of the molecule is Nc1ncc(-c2cc(N3CC4OC[C@H]43)nc(N3CCC3)n2)cn1. The van der Waals surface area contributed by atoms with E-state index in [1.807, 2.05) is 6.07 Å². The number of hydrogen-bond acceptors (Lipinski definition) is 8. The Morgan fingerprint density at radius 2 is 2.00 bits per heavy atom. The summed E-state index contributed by atoms with van der Waals surface area (Å²) in [6.07, 6.45) is 4.98. The molecule has 0 amide bonds. The zero-order chi connectivity index (χ0) is 15.4. The molecule has 23 heavy (non-hydrogen) atoms. The van der Waals surface area contributed by atoms with E-state index in [-0.39, 0.29) is 5.95 Å². The molecule has 0 aliphatic carbocycles. The Kier molecular flexibility index (Phi) is 2.69. The average molecular weight is 311 g/mol. The van der Waals surface area contributed by atoms with Gasteiger partial charge < -0.3 is 20.3 Å². The summed E-state index contributed by atoms with van der Waals surface area (Å²) in [5.41, 5.74) is 7.27. The number of fused-ring (bicyclic) bond motifs is 1. The number of rotatable bonds is 3. The summed E-state index contributed by atoms with van der Waals surface area (Å²) in [4.78, 5) is 22.1. The molecule has 0 spiro atoms. The lowest BCUT2D eigenvalue weighted by Crippen LogP contribution is -2.71. The van der Waals surface area contributed by atoms with Gasteiger partial charge in [0.25, 0.3) is 0 Å². The van der Waals surface area contributed by atoms with Gasteiger partial charge in [0.05, 0.1) is 24.4 Å². The van der Waals surface area contributed by atoms with Gasteiger partial charge in [-0.1, -0.05) is 0 Å². The number of nitrogen functional groups attached to an aromatic ring is 1. The molecule has 2 atom stereocenters. The molecule has 5 rings (SSSR count). The first-order chi connectivity index (χ1) is 11.3. The Morgan fingerprint density at radius 3 is 2.57 bits per heavy atom. The van der Waals surface area contributed by atoms with E-state index >= 15 is 0 Å². The van der Waals surface area contributed by atoms with Gasteiger partial charge in [-0.05, 0) is 6.42 Å². The van der Waals surface area contributed by atoms with E-state index < -0.39 is 0 Å². The second kappa shape index (κ2) is 4.76. The summed E-state index contributed by atoms with van der Waals surface area (Å²) >= 11 is 0. The van der Waals surface area contributed by atoms with Crippen molar-refractivity contribution in [2.45, 2.75) is 18.6 Å². The molecule has 5 heterocycles. The minimum atomic E-state index is 0.267. The Morgan fingerprint density at radius 1 is 1.17 bits per heavy atom. The molecule has 3 aliphatic heterocycles. The maximum atomic E-state index is 5.58. The van der Waals surface area contributed by atoms with Crippen molar-refractivity contribution in [3.05, 3.63) is 18.5 Å². The molecule has 0 bridgehead atoms. The molecule has 2 N–H and O–H groups in total. The Bertz CT molecular complexity index is 746. The number of anilines is 3. The highest BCUT2D eigenvalue weighted by Crippen LogP contribution is 2.36. The molecular formula is C15H17N7O. The third kappa shape index (κ3) is 2.02. The van der Waals surface area contributed by atoms with Gasteiger partial charge in [-0.15, -0.1) is 0 Å². The minimum Gasteiger partial charge on any atom is -0.372 e. The maximum absolute atomic E-state index is 5.58. The van der Waals surface area contributed by atoms with E-state index in [0.717, 1.165) is 49.3 Å². The van der Waals surface area contributed by atoms with Gasteiger partial charge in [0, 0.05) is 43.7 Å². The van der Waals surface area contributed by atoms with Crippen molar-refractivity contribution in [1.29, 1.82) is 0 Å². The number of aromatic nitrogens is 4. The first kappa shape index (κ1) is 13.0. The van der Waals surface area contributed by atoms with Crippen molar-refractivity contribution in [1.82, 2.24) is 19.9 Å². The highest BCUT2D eigenvalue weighted by atomic mass is 16.5. The van der Waals surface area contributed by atoms with Crippen LogP contribution in [0.1, 0.15) is 6.42 Å². The van der Waals surface area contributed by atoms with Crippen LogP contribution in [0.25, 0.3) is 11.3 Å². The number of nitrogens with zero attached hydrogens (tertiary/aromatic N) is 6. The zero-order valence-corrected chi connectivity index (χ0v) is 12.6. The van der Waals surface area contributed by atoms with E-state index in [9.17, 15) is 0 Å². The van der Waals surface area contributed by atoms with Crippen molar-refractivity contribution in [3.63, 3.8) is 0 Å². The molecule has 3 saturated heterocycles. The zero-order valence-electron chi connectivity index (χ0n) is 12.6. The van der Waals surface area contributed by atoms with Gasteiger partial charge in [0.2, 0.25) is 11.9 Å². The first-order valence-electron chi connectivity index (χ1n) is 7.88. The highest BCUT2D eigenvalue weighted by molar-refractivity contribution is 5.65. The van der Waals surface area contributed by atoms with Crippen LogP contribution in [-0.4, -0.2) is 58.3 Å².